The second-order valence-corrected chi connectivity index (χ2v) is 7.17. The number of methoxy groups -OCH3 is 1. The van der Waals surface area contributed by atoms with Crippen molar-refractivity contribution in [1.82, 2.24) is 20.2 Å². The lowest BCUT2D eigenvalue weighted by Crippen LogP contribution is -2.47. The van der Waals surface area contributed by atoms with Crippen LogP contribution >= 0.6 is 0 Å². The van der Waals surface area contributed by atoms with Gasteiger partial charge in [-0.2, -0.15) is 0 Å². The Morgan fingerprint density at radius 3 is 2.88 bits per heavy atom. The first kappa shape index (κ1) is 17.3. The van der Waals surface area contributed by atoms with Gasteiger partial charge in [-0.1, -0.05) is 19.8 Å². The van der Waals surface area contributed by atoms with Crippen LogP contribution in [0.5, 0.6) is 0 Å². The molecule has 1 saturated heterocycles. The molecule has 8 nitrogen and oxygen atoms in total. The molecule has 3 unspecified atom stereocenters. The van der Waals surface area contributed by atoms with Crippen molar-refractivity contribution in [3.8, 4) is 0 Å². The molecule has 0 bridgehead atoms. The quantitative estimate of drug-likeness (QED) is 0.872. The summed E-state index contributed by atoms with van der Waals surface area (Å²) < 4.78 is 11.3. The minimum Gasteiger partial charge on any atom is -0.479 e. The number of ether oxygens (including phenoxy) is 2. The third-order valence-electron chi connectivity index (χ3n) is 5.31. The smallest absolute Gasteiger partial charge is 0.333 e. The first-order valence-corrected chi connectivity index (χ1v) is 8.70. The van der Waals surface area contributed by atoms with Crippen LogP contribution in [0.2, 0.25) is 0 Å². The molecular formula is C16H26N4O4. The van der Waals surface area contributed by atoms with Gasteiger partial charge in [0, 0.05) is 13.7 Å². The van der Waals surface area contributed by atoms with Crippen molar-refractivity contribution in [2.24, 2.45) is 5.92 Å². The number of hydrogen-bond donors (Lipinski definition) is 1. The molecule has 1 aromatic heterocycles. The van der Waals surface area contributed by atoms with Gasteiger partial charge in [-0.25, -0.2) is 4.79 Å². The van der Waals surface area contributed by atoms with Crippen molar-refractivity contribution < 1.29 is 19.4 Å². The maximum Gasteiger partial charge on any atom is 0.333 e. The molecular weight excluding hydrogens is 312 g/mol. The van der Waals surface area contributed by atoms with Crippen molar-refractivity contribution in [1.29, 1.82) is 0 Å². The highest BCUT2D eigenvalue weighted by atomic mass is 16.5. The molecule has 1 aliphatic heterocycles. The van der Waals surface area contributed by atoms with E-state index in [0.29, 0.717) is 37.8 Å². The molecule has 2 aliphatic rings. The highest BCUT2D eigenvalue weighted by Gasteiger charge is 2.48. The lowest BCUT2D eigenvalue weighted by Gasteiger charge is -2.35. The summed E-state index contributed by atoms with van der Waals surface area (Å²) in [5.74, 6) is -0.130. The summed E-state index contributed by atoms with van der Waals surface area (Å²) >= 11 is 0. The Bertz CT molecular complexity index is 579. The van der Waals surface area contributed by atoms with E-state index in [2.05, 4.69) is 22.3 Å². The van der Waals surface area contributed by atoms with Crippen LogP contribution in [0.1, 0.15) is 57.7 Å². The highest BCUT2D eigenvalue weighted by Crippen LogP contribution is 2.39. The summed E-state index contributed by atoms with van der Waals surface area (Å²) in [6.07, 6.45) is 5.69. The Morgan fingerprint density at radius 2 is 2.25 bits per heavy atom. The number of carbonyl (C=O) groups is 1. The largest absolute Gasteiger partial charge is 0.479 e. The zero-order chi connectivity index (χ0) is 17.2. The molecule has 134 valence electrons. The number of hydrogen-bond acceptors (Lipinski definition) is 6. The van der Waals surface area contributed by atoms with Gasteiger partial charge in [0.2, 0.25) is 5.82 Å². The summed E-state index contributed by atoms with van der Waals surface area (Å²) in [7, 11) is 1.62. The summed E-state index contributed by atoms with van der Waals surface area (Å²) in [5.41, 5.74) is -1.82. The van der Waals surface area contributed by atoms with Gasteiger partial charge in [-0.15, -0.1) is 15.0 Å². The maximum atomic E-state index is 12.0. The van der Waals surface area contributed by atoms with E-state index in [1.54, 1.807) is 7.11 Å². The Balaban J connectivity index is 1.94. The fourth-order valence-electron chi connectivity index (χ4n) is 4.00. The van der Waals surface area contributed by atoms with Crippen LogP contribution < -0.4 is 0 Å². The molecule has 0 amide bonds. The molecule has 0 radical (unpaired) electrons. The topological polar surface area (TPSA) is 99.4 Å². The number of carboxylic acid groups (broad SMARTS) is 1. The molecule has 1 aliphatic carbocycles. The number of aromatic nitrogens is 4. The van der Waals surface area contributed by atoms with E-state index in [-0.39, 0.29) is 0 Å². The van der Waals surface area contributed by atoms with Crippen molar-refractivity contribution >= 4 is 5.97 Å². The average molecular weight is 338 g/mol. The zero-order valence-corrected chi connectivity index (χ0v) is 14.4. The molecule has 2 heterocycles. The van der Waals surface area contributed by atoms with Crippen molar-refractivity contribution in [3.63, 3.8) is 0 Å². The fourth-order valence-corrected chi connectivity index (χ4v) is 4.00. The number of nitrogens with zero attached hydrogens (tertiary/aromatic N) is 4. The number of tetrazole rings is 1. The Hall–Kier alpha value is -1.54. The van der Waals surface area contributed by atoms with Crippen LogP contribution in [-0.4, -0.2) is 51.6 Å². The third kappa shape index (κ3) is 2.93. The predicted molar refractivity (Wildman–Crippen MR) is 84.4 cm³/mol. The van der Waals surface area contributed by atoms with E-state index in [1.807, 2.05) is 0 Å². The average Bonchev–Trinajstić information content (AvgIpc) is 3.07. The maximum absolute atomic E-state index is 12.0. The van der Waals surface area contributed by atoms with Crippen molar-refractivity contribution in [2.45, 2.75) is 63.0 Å². The second kappa shape index (κ2) is 6.76. The van der Waals surface area contributed by atoms with Crippen LogP contribution in [0.15, 0.2) is 0 Å². The summed E-state index contributed by atoms with van der Waals surface area (Å²) in [4.78, 5) is 13.3. The summed E-state index contributed by atoms with van der Waals surface area (Å²) in [6.45, 7) is 3.04. The molecule has 1 aromatic rings. The number of rotatable bonds is 5. The SMILES string of the molecule is COCC1(c2nnn(C3(C(=O)O)CCCC(C)C3)n2)CCCCO1. The second-order valence-electron chi connectivity index (χ2n) is 7.17. The van der Waals surface area contributed by atoms with Gasteiger partial charge in [0.25, 0.3) is 0 Å². The first-order valence-electron chi connectivity index (χ1n) is 8.70. The van der Waals surface area contributed by atoms with Crippen molar-refractivity contribution in [3.05, 3.63) is 5.82 Å². The van der Waals surface area contributed by atoms with Gasteiger partial charge in [0.15, 0.2) is 11.1 Å². The van der Waals surface area contributed by atoms with Crippen LogP contribution in [-0.2, 0) is 25.4 Å². The lowest BCUT2D eigenvalue weighted by molar-refractivity contribution is -0.152. The lowest BCUT2D eigenvalue weighted by atomic mass is 9.77. The van der Waals surface area contributed by atoms with Gasteiger partial charge >= 0.3 is 5.97 Å². The van der Waals surface area contributed by atoms with Crippen LogP contribution in [0, 0.1) is 5.92 Å². The first-order chi connectivity index (χ1) is 11.5. The highest BCUT2D eigenvalue weighted by molar-refractivity contribution is 5.76. The fraction of sp³-hybridized carbons (Fsp3) is 0.875. The summed E-state index contributed by atoms with van der Waals surface area (Å²) in [5, 5.41) is 22.6. The Morgan fingerprint density at radius 1 is 1.42 bits per heavy atom. The van der Waals surface area contributed by atoms with Gasteiger partial charge in [0.1, 0.15) is 0 Å². The Labute approximate surface area is 141 Å². The zero-order valence-electron chi connectivity index (χ0n) is 14.4. The molecule has 8 heteroatoms. The van der Waals surface area contributed by atoms with Crippen LogP contribution in [0.4, 0.5) is 0 Å². The standard InChI is InChI=1S/C16H26N4O4/c1-12-6-5-7-15(10-12,14(21)22)20-18-13(17-19-20)16(11-23-2)8-3-4-9-24-16/h12H,3-11H2,1-2H3,(H,21,22). The number of aliphatic carboxylic acids is 1. The molecule has 2 fully saturated rings. The predicted octanol–water partition coefficient (Wildman–Crippen LogP) is 1.71. The van der Waals surface area contributed by atoms with E-state index >= 15 is 0 Å². The van der Waals surface area contributed by atoms with Crippen LogP contribution in [0.3, 0.4) is 0 Å². The minimum absolute atomic E-state index is 0.322. The monoisotopic (exact) mass is 338 g/mol. The molecule has 0 aromatic carbocycles. The van der Waals surface area contributed by atoms with Gasteiger partial charge in [0.05, 0.1) is 6.61 Å². The number of carboxylic acids is 1. The van der Waals surface area contributed by atoms with E-state index in [0.717, 1.165) is 32.1 Å². The molecule has 1 saturated carbocycles. The van der Waals surface area contributed by atoms with Crippen molar-refractivity contribution in [2.75, 3.05) is 20.3 Å². The van der Waals surface area contributed by atoms with Crippen LogP contribution in [0.25, 0.3) is 0 Å². The van der Waals surface area contributed by atoms with E-state index < -0.39 is 17.1 Å². The molecule has 1 N–H and O–H groups in total. The molecule has 3 atom stereocenters. The summed E-state index contributed by atoms with van der Waals surface area (Å²) in [6, 6.07) is 0. The normalized spacial score (nSPS) is 34.2. The van der Waals surface area contributed by atoms with E-state index in [9.17, 15) is 9.90 Å². The third-order valence-corrected chi connectivity index (χ3v) is 5.31. The van der Waals surface area contributed by atoms with Gasteiger partial charge in [-0.3, -0.25) is 0 Å². The van der Waals surface area contributed by atoms with Gasteiger partial charge < -0.3 is 14.6 Å². The molecule has 24 heavy (non-hydrogen) atoms. The molecule has 0 spiro atoms. The minimum atomic E-state index is -1.11. The van der Waals surface area contributed by atoms with E-state index in [4.69, 9.17) is 9.47 Å². The van der Waals surface area contributed by atoms with E-state index in [1.165, 1.54) is 4.80 Å². The molecule has 3 rings (SSSR count). The Kier molecular flexibility index (Phi) is 4.87. The van der Waals surface area contributed by atoms with Gasteiger partial charge in [-0.05, 0) is 43.2 Å².